The summed E-state index contributed by atoms with van der Waals surface area (Å²) in [5.74, 6) is -1.99. The Balaban J connectivity index is 3.98. The molecule has 0 aliphatic heterocycles. The molecule has 0 saturated carbocycles. The summed E-state index contributed by atoms with van der Waals surface area (Å²) in [5.41, 5.74) is 0. The molecule has 0 heterocycles. The Labute approximate surface area is 648 Å². The lowest BCUT2D eigenvalue weighted by molar-refractivity contribution is -0.870. The molecule has 2 unspecified atom stereocenters. The van der Waals surface area contributed by atoms with E-state index in [1.807, 2.05) is 21.1 Å². The van der Waals surface area contributed by atoms with Crippen LogP contribution in [0.15, 0.2) is 158 Å². The topological polar surface area (TPSA) is 108 Å². The van der Waals surface area contributed by atoms with E-state index in [-0.39, 0.29) is 32.2 Å². The highest BCUT2D eigenvalue weighted by Crippen LogP contribution is 2.19. The smallest absolute Gasteiger partial charge is 0.361 e. The third kappa shape index (κ3) is 86.0. The van der Waals surface area contributed by atoms with Crippen LogP contribution in [0, 0.1) is 0 Å². The minimum atomic E-state index is -1.52. The number of aliphatic carboxylic acids is 1. The summed E-state index contributed by atoms with van der Waals surface area (Å²) in [5, 5.41) is 9.79. The van der Waals surface area contributed by atoms with Crippen LogP contribution in [0.2, 0.25) is 0 Å². The van der Waals surface area contributed by atoms with Crippen LogP contribution in [-0.2, 0) is 33.3 Å². The molecule has 0 rings (SSSR count). The van der Waals surface area contributed by atoms with Crippen LogP contribution >= 0.6 is 0 Å². The molecule has 1 N–H and O–H groups in total. The molecule has 9 heteroatoms. The molecule has 0 bridgehead atoms. The van der Waals surface area contributed by atoms with Crippen molar-refractivity contribution in [3.63, 3.8) is 0 Å². The van der Waals surface area contributed by atoms with Gasteiger partial charge in [-0.3, -0.25) is 9.59 Å². The number of allylic oxidation sites excluding steroid dienone is 26. The molecule has 0 aliphatic rings. The quantitative estimate of drug-likeness (QED) is 0.0211. The van der Waals surface area contributed by atoms with Crippen molar-refractivity contribution in [3.8, 4) is 0 Å². The number of rotatable bonds is 80. The summed E-state index contributed by atoms with van der Waals surface area (Å²) in [7, 11) is 5.99. The van der Waals surface area contributed by atoms with Crippen molar-refractivity contribution in [1.82, 2.24) is 0 Å². The predicted molar refractivity (Wildman–Crippen MR) is 456 cm³/mol. The lowest BCUT2D eigenvalue weighted by Gasteiger charge is -2.25. The van der Waals surface area contributed by atoms with E-state index in [9.17, 15) is 19.5 Å². The first-order valence-corrected chi connectivity index (χ1v) is 43.6. The lowest BCUT2D eigenvalue weighted by atomic mass is 10.0. The second-order valence-corrected chi connectivity index (χ2v) is 30.1. The molecule has 0 aromatic rings. The van der Waals surface area contributed by atoms with Crippen molar-refractivity contribution in [3.05, 3.63) is 158 Å². The number of ether oxygens (including phenoxy) is 4. The van der Waals surface area contributed by atoms with Crippen molar-refractivity contribution in [2.24, 2.45) is 0 Å². The van der Waals surface area contributed by atoms with Crippen molar-refractivity contribution in [1.29, 1.82) is 0 Å². The molecule has 0 spiro atoms. The van der Waals surface area contributed by atoms with E-state index in [2.05, 4.69) is 172 Å². The largest absolute Gasteiger partial charge is 0.477 e. The van der Waals surface area contributed by atoms with Gasteiger partial charge in [0, 0.05) is 12.8 Å². The Morgan fingerprint density at radius 1 is 0.286 bits per heavy atom. The summed E-state index contributed by atoms with van der Waals surface area (Å²) in [6, 6.07) is 0. The highest BCUT2D eigenvalue weighted by atomic mass is 16.7. The van der Waals surface area contributed by atoms with E-state index in [1.54, 1.807) is 0 Å². The van der Waals surface area contributed by atoms with Crippen molar-refractivity contribution >= 4 is 17.9 Å². The molecular weight excluding hydrogens is 1300 g/mol. The summed E-state index contributed by atoms with van der Waals surface area (Å²) in [4.78, 5) is 37.8. The molecule has 9 nitrogen and oxygen atoms in total. The first-order valence-electron chi connectivity index (χ1n) is 43.6. The number of hydrogen-bond acceptors (Lipinski definition) is 7. The summed E-state index contributed by atoms with van der Waals surface area (Å²) < 4.78 is 23.1. The molecule has 2 atom stereocenters. The Morgan fingerprint density at radius 3 is 0.762 bits per heavy atom. The van der Waals surface area contributed by atoms with Gasteiger partial charge in [-0.25, -0.2) is 4.79 Å². The van der Waals surface area contributed by atoms with E-state index < -0.39 is 24.3 Å². The van der Waals surface area contributed by atoms with Crippen LogP contribution in [0.3, 0.4) is 0 Å². The van der Waals surface area contributed by atoms with Crippen LogP contribution in [0.1, 0.15) is 373 Å². The number of likely N-dealkylation sites (N-methyl/N-ethyl adjacent to an activating group) is 1. The van der Waals surface area contributed by atoms with Gasteiger partial charge in [0.25, 0.3) is 6.29 Å². The van der Waals surface area contributed by atoms with Gasteiger partial charge in [0.15, 0.2) is 6.10 Å². The molecule has 0 radical (unpaired) electrons. The molecule has 0 aliphatic carbocycles. The zero-order valence-electron chi connectivity index (χ0n) is 68.8. The Bertz CT molecular complexity index is 2300. The summed E-state index contributed by atoms with van der Waals surface area (Å²) >= 11 is 0. The van der Waals surface area contributed by atoms with Crippen LogP contribution in [0.25, 0.3) is 0 Å². The van der Waals surface area contributed by atoms with Crippen LogP contribution in [0.5, 0.6) is 0 Å². The summed E-state index contributed by atoms with van der Waals surface area (Å²) in [6.07, 6.45) is 123. The summed E-state index contributed by atoms with van der Waals surface area (Å²) in [6.45, 7) is 4.68. The number of carboxylic acids is 1. The fourth-order valence-corrected chi connectivity index (χ4v) is 12.2. The first kappa shape index (κ1) is 99.9. The standard InChI is InChI=1S/C96H163NO8/c1-6-8-10-12-14-16-18-20-22-24-26-28-30-32-34-36-38-40-42-44-46-47-49-51-53-55-57-59-61-63-65-67-69-71-73-75-77-79-81-83-85-87-94(99)105-92(91-104-96(95(100)101)102-89-88-97(3,4)5)90-103-93(98)86-84-82-80-78-76-74-72-70-68-66-64-62-60-58-56-54-52-50-48-45-43-41-39-37-35-33-31-29-27-25-23-21-19-17-15-13-11-9-7-2/h8-11,14-17,20-23,26-29,32-35,38,40,44,46,49,51,92,96H,6-7,12-13,18-19,24-25,30-31,36-37,39,41-43,45,47-48,50,52-91H2,1-5H3/p+1/b10-8-,11-9-,16-14-,17-15-,22-20-,23-21-,28-26-,29-27-,34-32-,35-33-,40-38-,46-44-,51-49-. The molecule has 0 fully saturated rings. The van der Waals surface area contributed by atoms with Crippen molar-refractivity contribution in [2.45, 2.75) is 386 Å². The minimum Gasteiger partial charge on any atom is -0.477 e. The second kappa shape index (κ2) is 84.5. The molecule has 600 valence electrons. The van der Waals surface area contributed by atoms with Crippen molar-refractivity contribution in [2.75, 3.05) is 47.5 Å². The van der Waals surface area contributed by atoms with E-state index >= 15 is 0 Å². The van der Waals surface area contributed by atoms with Crippen LogP contribution in [-0.4, -0.2) is 87.4 Å². The average molecular weight is 1460 g/mol. The monoisotopic (exact) mass is 1460 g/mol. The average Bonchev–Trinajstić information content (AvgIpc) is 1.18. The molecule has 0 saturated heterocycles. The third-order valence-corrected chi connectivity index (χ3v) is 18.8. The van der Waals surface area contributed by atoms with Gasteiger partial charge in [0.05, 0.1) is 34.4 Å². The van der Waals surface area contributed by atoms with E-state index in [0.717, 1.165) is 122 Å². The zero-order chi connectivity index (χ0) is 76.0. The number of esters is 2. The van der Waals surface area contributed by atoms with E-state index in [1.165, 1.54) is 225 Å². The highest BCUT2D eigenvalue weighted by molar-refractivity contribution is 5.71. The molecular formula is C96H164NO8+. The number of carbonyl (C=O) groups is 3. The van der Waals surface area contributed by atoms with Crippen LogP contribution < -0.4 is 0 Å². The number of hydrogen-bond donors (Lipinski definition) is 1. The number of carboxylic acid groups (broad SMARTS) is 1. The van der Waals surface area contributed by atoms with Gasteiger partial charge in [-0.05, 0) is 122 Å². The van der Waals surface area contributed by atoms with Gasteiger partial charge < -0.3 is 28.5 Å². The van der Waals surface area contributed by atoms with Gasteiger partial charge in [-0.2, -0.15) is 0 Å². The predicted octanol–water partition coefficient (Wildman–Crippen LogP) is 28.7. The molecule has 105 heavy (non-hydrogen) atoms. The molecule has 0 aromatic heterocycles. The third-order valence-electron chi connectivity index (χ3n) is 18.8. The van der Waals surface area contributed by atoms with Crippen LogP contribution in [0.4, 0.5) is 0 Å². The minimum absolute atomic E-state index is 0.183. The maximum Gasteiger partial charge on any atom is 0.361 e. The fourth-order valence-electron chi connectivity index (χ4n) is 12.2. The number of quaternary nitrogens is 1. The fraction of sp³-hybridized carbons (Fsp3) is 0.698. The lowest BCUT2D eigenvalue weighted by Crippen LogP contribution is -2.40. The zero-order valence-corrected chi connectivity index (χ0v) is 68.8. The Morgan fingerprint density at radius 2 is 0.514 bits per heavy atom. The maximum atomic E-state index is 13.0. The normalized spacial score (nSPS) is 13.4. The number of unbranched alkanes of at least 4 members (excludes halogenated alkanes) is 39. The highest BCUT2D eigenvalue weighted by Gasteiger charge is 2.25. The van der Waals surface area contributed by atoms with Gasteiger partial charge in [-0.1, -0.05) is 397 Å². The SMILES string of the molecule is CC/C=C\C/C=C\C/C=C\C/C=C\C/C=C\C/C=C\C/C=C\C/C=C\CCCCCCCCCCCCCCCCCCC(=O)OC(COC(=O)CCCCCCCCCCCCCCCCCCCCCCCCC/C=C\C/C=C\C/C=C\C/C=C\C/C=C\CC)COC(OCC[N+](C)(C)C)C(=O)O. The molecule has 0 aromatic carbocycles. The second-order valence-electron chi connectivity index (χ2n) is 30.1. The van der Waals surface area contributed by atoms with Gasteiger partial charge in [0.1, 0.15) is 13.2 Å². The first-order chi connectivity index (χ1) is 51.6. The van der Waals surface area contributed by atoms with Crippen molar-refractivity contribution < 1.29 is 42.9 Å². The van der Waals surface area contributed by atoms with E-state index in [0.29, 0.717) is 17.4 Å². The van der Waals surface area contributed by atoms with E-state index in [4.69, 9.17) is 18.9 Å². The van der Waals surface area contributed by atoms with Gasteiger partial charge in [0.2, 0.25) is 0 Å². The Hall–Kier alpha value is -5.09. The number of nitrogens with zero attached hydrogens (tertiary/aromatic N) is 1. The number of carbonyl (C=O) groups excluding carboxylic acids is 2. The van der Waals surface area contributed by atoms with Gasteiger partial charge >= 0.3 is 17.9 Å². The Kier molecular flexibility index (Phi) is 80.4. The molecule has 0 amide bonds. The maximum absolute atomic E-state index is 13.0. The van der Waals surface area contributed by atoms with Gasteiger partial charge in [-0.15, -0.1) is 0 Å².